The number of hydrogen-bond donors (Lipinski definition) is 3. The van der Waals surface area contributed by atoms with Gasteiger partial charge in [-0.3, -0.25) is 9.59 Å². The van der Waals surface area contributed by atoms with Crippen molar-refractivity contribution in [1.29, 1.82) is 0 Å². The van der Waals surface area contributed by atoms with Gasteiger partial charge in [0.25, 0.3) is 5.56 Å². The Labute approximate surface area is 189 Å². The maximum absolute atomic E-state index is 12.4. The first-order valence-electron chi connectivity index (χ1n) is 10.5. The minimum absolute atomic E-state index is 0.244. The van der Waals surface area contributed by atoms with Crippen molar-refractivity contribution in [2.45, 2.75) is 6.42 Å². The maximum Gasteiger partial charge on any atom is 0.329 e. The first kappa shape index (κ1) is 22.4. The Morgan fingerprint density at radius 3 is 2.64 bits per heavy atom. The van der Waals surface area contributed by atoms with E-state index in [1.807, 2.05) is 30.3 Å². The number of carboxylic acids is 1. The highest BCUT2D eigenvalue weighted by molar-refractivity contribution is 5.95. The van der Waals surface area contributed by atoms with E-state index in [0.29, 0.717) is 49.5 Å². The lowest BCUT2D eigenvalue weighted by Crippen LogP contribution is -2.37. The predicted octanol–water partition coefficient (Wildman–Crippen LogP) is 1.39. The normalized spacial score (nSPS) is 13.8. The molecule has 0 radical (unpaired) electrons. The zero-order valence-electron chi connectivity index (χ0n) is 17.9. The molecule has 172 valence electrons. The van der Waals surface area contributed by atoms with Crippen molar-refractivity contribution in [3.8, 4) is 0 Å². The third-order valence-electron chi connectivity index (χ3n) is 5.29. The van der Waals surface area contributed by atoms with E-state index in [9.17, 15) is 14.4 Å². The first-order chi connectivity index (χ1) is 16.0. The number of aromatic amines is 1. The van der Waals surface area contributed by atoms with Crippen molar-refractivity contribution >= 4 is 34.0 Å². The molecule has 1 amide bonds. The molecule has 1 saturated heterocycles. The minimum Gasteiger partial charge on any atom is -0.480 e. The fourth-order valence-electron chi connectivity index (χ4n) is 3.79. The molecule has 1 aromatic heterocycles. The van der Waals surface area contributed by atoms with Crippen LogP contribution in [-0.4, -0.2) is 66.7 Å². The number of anilines is 2. The zero-order chi connectivity index (χ0) is 23.2. The lowest BCUT2D eigenvalue weighted by atomic mass is 10.0. The molecule has 1 fully saturated rings. The highest BCUT2D eigenvalue weighted by Crippen LogP contribution is 2.29. The summed E-state index contributed by atoms with van der Waals surface area (Å²) in [7, 11) is 0. The standard InChI is InChI=1S/C23H24N4O6/c28-21(13-33-14-22(29)30)24-19-12-15(5-6-20(19)27-7-9-32-10-8-27)11-18-16-3-1-2-4-17(16)23(31)26-25-18/h1-6,12H,7-11,13-14H2,(H,24,28)(H,26,31)(H,29,30). The number of rotatable bonds is 8. The summed E-state index contributed by atoms with van der Waals surface area (Å²) in [6.07, 6.45) is 0.444. The quantitative estimate of drug-likeness (QED) is 0.467. The van der Waals surface area contributed by atoms with E-state index in [1.54, 1.807) is 12.1 Å². The third kappa shape index (κ3) is 5.54. The van der Waals surface area contributed by atoms with Gasteiger partial charge in [-0.25, -0.2) is 9.89 Å². The molecule has 4 rings (SSSR count). The number of hydrogen-bond acceptors (Lipinski definition) is 7. The summed E-state index contributed by atoms with van der Waals surface area (Å²) in [6, 6.07) is 13.0. The number of amides is 1. The van der Waals surface area contributed by atoms with E-state index in [-0.39, 0.29) is 12.2 Å². The van der Waals surface area contributed by atoms with Crippen molar-refractivity contribution in [3.63, 3.8) is 0 Å². The number of nitrogens with one attached hydrogen (secondary N) is 2. The molecule has 10 nitrogen and oxygen atoms in total. The number of carboxylic acid groups (broad SMARTS) is 1. The summed E-state index contributed by atoms with van der Waals surface area (Å²) in [5.74, 6) is -1.59. The number of benzene rings is 2. The lowest BCUT2D eigenvalue weighted by Gasteiger charge is -2.31. The van der Waals surface area contributed by atoms with Crippen LogP contribution in [-0.2, 0) is 25.5 Å². The van der Waals surface area contributed by atoms with Gasteiger partial charge >= 0.3 is 5.97 Å². The van der Waals surface area contributed by atoms with Crippen LogP contribution >= 0.6 is 0 Å². The molecule has 33 heavy (non-hydrogen) atoms. The number of nitrogens with zero attached hydrogens (tertiary/aromatic N) is 2. The molecule has 1 aliphatic heterocycles. The highest BCUT2D eigenvalue weighted by atomic mass is 16.5. The Hall–Kier alpha value is -3.76. The van der Waals surface area contributed by atoms with E-state index in [0.717, 1.165) is 16.6 Å². The van der Waals surface area contributed by atoms with Gasteiger partial charge in [-0.2, -0.15) is 5.10 Å². The molecule has 0 unspecified atom stereocenters. The van der Waals surface area contributed by atoms with Crippen LogP contribution in [0.1, 0.15) is 11.3 Å². The van der Waals surface area contributed by atoms with E-state index in [2.05, 4.69) is 20.4 Å². The Bertz CT molecular complexity index is 1220. The van der Waals surface area contributed by atoms with Crippen LogP contribution < -0.4 is 15.8 Å². The van der Waals surface area contributed by atoms with Gasteiger partial charge < -0.3 is 24.8 Å². The van der Waals surface area contributed by atoms with Crippen molar-refractivity contribution in [2.24, 2.45) is 0 Å². The van der Waals surface area contributed by atoms with Gasteiger partial charge in [0, 0.05) is 24.9 Å². The molecule has 0 spiro atoms. The average Bonchev–Trinajstić information content (AvgIpc) is 2.81. The van der Waals surface area contributed by atoms with Gasteiger partial charge in [-0.05, 0) is 23.8 Å². The van der Waals surface area contributed by atoms with Crippen LogP contribution in [0.2, 0.25) is 0 Å². The van der Waals surface area contributed by atoms with Crippen LogP contribution in [0.15, 0.2) is 47.3 Å². The molecule has 0 atom stereocenters. The molecular formula is C23H24N4O6. The second-order valence-corrected chi connectivity index (χ2v) is 7.61. The van der Waals surface area contributed by atoms with Crippen LogP contribution in [0.25, 0.3) is 10.8 Å². The number of carbonyl (C=O) groups is 2. The van der Waals surface area contributed by atoms with Crippen LogP contribution in [0.4, 0.5) is 11.4 Å². The first-order valence-corrected chi connectivity index (χ1v) is 10.5. The van der Waals surface area contributed by atoms with E-state index < -0.39 is 18.5 Å². The smallest absolute Gasteiger partial charge is 0.329 e. The molecule has 3 aromatic rings. The molecule has 2 aromatic carbocycles. The molecule has 3 N–H and O–H groups in total. The highest BCUT2D eigenvalue weighted by Gasteiger charge is 2.18. The topological polar surface area (TPSA) is 134 Å². The van der Waals surface area contributed by atoms with Crippen LogP contribution in [0.5, 0.6) is 0 Å². The van der Waals surface area contributed by atoms with Crippen molar-refractivity contribution in [3.05, 3.63) is 64.1 Å². The lowest BCUT2D eigenvalue weighted by molar-refractivity contribution is -0.143. The Balaban J connectivity index is 1.61. The molecule has 0 bridgehead atoms. The van der Waals surface area contributed by atoms with Gasteiger partial charge in [0.1, 0.15) is 13.2 Å². The average molecular weight is 452 g/mol. The van der Waals surface area contributed by atoms with E-state index in [1.165, 1.54) is 0 Å². The zero-order valence-corrected chi connectivity index (χ0v) is 17.9. The van der Waals surface area contributed by atoms with Gasteiger partial charge in [0.2, 0.25) is 5.91 Å². The fourth-order valence-corrected chi connectivity index (χ4v) is 3.79. The predicted molar refractivity (Wildman–Crippen MR) is 122 cm³/mol. The number of morpholine rings is 1. The van der Waals surface area contributed by atoms with E-state index in [4.69, 9.17) is 14.6 Å². The van der Waals surface area contributed by atoms with Crippen molar-refractivity contribution in [2.75, 3.05) is 49.7 Å². The van der Waals surface area contributed by atoms with E-state index >= 15 is 0 Å². The summed E-state index contributed by atoms with van der Waals surface area (Å²) >= 11 is 0. The number of H-pyrrole nitrogens is 1. The van der Waals surface area contributed by atoms with Gasteiger partial charge in [0.05, 0.1) is 35.7 Å². The summed E-state index contributed by atoms with van der Waals surface area (Å²) in [4.78, 5) is 37.2. The Kier molecular flexibility index (Phi) is 6.96. The fraction of sp³-hybridized carbons (Fsp3) is 0.304. The monoisotopic (exact) mass is 452 g/mol. The summed E-state index contributed by atoms with van der Waals surface area (Å²) in [5.41, 5.74) is 2.79. The molecule has 0 saturated carbocycles. The molecule has 1 aliphatic rings. The van der Waals surface area contributed by atoms with Crippen LogP contribution in [0.3, 0.4) is 0 Å². The Morgan fingerprint density at radius 2 is 1.88 bits per heavy atom. The molecule has 0 aliphatic carbocycles. The van der Waals surface area contributed by atoms with Gasteiger partial charge in [0.15, 0.2) is 0 Å². The van der Waals surface area contributed by atoms with Gasteiger partial charge in [-0.1, -0.05) is 24.3 Å². The number of ether oxygens (including phenoxy) is 2. The number of carbonyl (C=O) groups excluding carboxylic acids is 1. The van der Waals surface area contributed by atoms with Crippen molar-refractivity contribution < 1.29 is 24.2 Å². The molecule has 10 heteroatoms. The van der Waals surface area contributed by atoms with Crippen molar-refractivity contribution in [1.82, 2.24) is 10.2 Å². The second-order valence-electron chi connectivity index (χ2n) is 7.61. The molecule has 2 heterocycles. The largest absolute Gasteiger partial charge is 0.480 e. The van der Waals surface area contributed by atoms with Gasteiger partial charge in [-0.15, -0.1) is 0 Å². The van der Waals surface area contributed by atoms with Crippen LogP contribution in [0, 0.1) is 0 Å². The second kappa shape index (κ2) is 10.2. The number of aliphatic carboxylic acids is 1. The SMILES string of the molecule is O=C(O)COCC(=O)Nc1cc(Cc2n[nH]c(=O)c3ccccc23)ccc1N1CCOCC1. The number of aromatic nitrogens is 2. The summed E-state index contributed by atoms with van der Waals surface area (Å²) in [5, 5.41) is 19.6. The third-order valence-corrected chi connectivity index (χ3v) is 5.29. The molecular weight excluding hydrogens is 428 g/mol. The minimum atomic E-state index is -1.14. The summed E-state index contributed by atoms with van der Waals surface area (Å²) < 4.78 is 10.3. The number of fused-ring (bicyclic) bond motifs is 1. The Morgan fingerprint density at radius 1 is 1.12 bits per heavy atom. The maximum atomic E-state index is 12.4. The summed E-state index contributed by atoms with van der Waals surface area (Å²) in [6.45, 7) is 1.63.